The van der Waals surface area contributed by atoms with Crippen LogP contribution >= 0.6 is 35.7 Å². The molecule has 2 atom stereocenters. The van der Waals surface area contributed by atoms with Crippen LogP contribution in [-0.4, -0.2) is 61.1 Å². The number of aliphatic imine (C=N–C) groups is 1. The summed E-state index contributed by atoms with van der Waals surface area (Å²) < 4.78 is 0. The summed E-state index contributed by atoms with van der Waals surface area (Å²) in [5.41, 5.74) is 0. The van der Waals surface area contributed by atoms with E-state index in [1.54, 1.807) is 11.8 Å². The molecule has 2 aliphatic heterocycles. The molecule has 2 rings (SSSR count). The standard InChI is InChI=1S/C16H28N4S.HI/c1-4-9-21-10-8-18-16(17-2)19-13-11-14-6-5-7-15(12-13)20(14)3;/h1,13-15H,5-12H2,2-3H3,(H2,17,18,19);1H. The van der Waals surface area contributed by atoms with Gasteiger partial charge in [-0.3, -0.25) is 4.99 Å². The molecule has 2 N–H and O–H groups in total. The van der Waals surface area contributed by atoms with Crippen molar-refractivity contribution in [3.63, 3.8) is 0 Å². The van der Waals surface area contributed by atoms with Gasteiger partial charge in [0.1, 0.15) is 0 Å². The van der Waals surface area contributed by atoms with E-state index >= 15 is 0 Å². The molecule has 0 aliphatic carbocycles. The first kappa shape index (κ1) is 19.9. The first-order valence-corrected chi connectivity index (χ1v) is 9.10. The molecular formula is C16H29IN4S. The Labute approximate surface area is 156 Å². The van der Waals surface area contributed by atoms with Gasteiger partial charge >= 0.3 is 0 Å². The summed E-state index contributed by atoms with van der Waals surface area (Å²) >= 11 is 1.78. The van der Waals surface area contributed by atoms with Crippen molar-refractivity contribution in [2.24, 2.45) is 4.99 Å². The monoisotopic (exact) mass is 436 g/mol. The number of halogens is 1. The zero-order valence-electron chi connectivity index (χ0n) is 13.7. The van der Waals surface area contributed by atoms with E-state index in [4.69, 9.17) is 6.42 Å². The molecule has 2 fully saturated rings. The van der Waals surface area contributed by atoms with Crippen molar-refractivity contribution in [1.82, 2.24) is 15.5 Å². The number of nitrogens with zero attached hydrogens (tertiary/aromatic N) is 2. The second kappa shape index (κ2) is 10.6. The highest BCUT2D eigenvalue weighted by molar-refractivity contribution is 14.0. The largest absolute Gasteiger partial charge is 0.356 e. The molecule has 2 saturated heterocycles. The van der Waals surface area contributed by atoms with Gasteiger partial charge in [-0.25, -0.2) is 0 Å². The van der Waals surface area contributed by atoms with Crippen LogP contribution in [0.5, 0.6) is 0 Å². The molecule has 2 bridgehead atoms. The summed E-state index contributed by atoms with van der Waals surface area (Å²) in [5.74, 6) is 5.38. The highest BCUT2D eigenvalue weighted by Crippen LogP contribution is 2.32. The molecule has 0 aromatic heterocycles. The number of terminal acetylenes is 1. The molecule has 0 aromatic carbocycles. The maximum atomic E-state index is 5.24. The van der Waals surface area contributed by atoms with E-state index in [1.165, 1.54) is 32.1 Å². The number of hydrogen-bond acceptors (Lipinski definition) is 3. The molecule has 2 aliphatic rings. The van der Waals surface area contributed by atoms with Crippen molar-refractivity contribution < 1.29 is 0 Å². The van der Waals surface area contributed by atoms with E-state index < -0.39 is 0 Å². The van der Waals surface area contributed by atoms with Crippen LogP contribution in [0, 0.1) is 12.3 Å². The minimum atomic E-state index is 0. The van der Waals surface area contributed by atoms with Gasteiger partial charge in [0.15, 0.2) is 5.96 Å². The fourth-order valence-electron chi connectivity index (χ4n) is 3.49. The number of hydrogen-bond donors (Lipinski definition) is 2. The lowest BCUT2D eigenvalue weighted by Crippen LogP contribution is -2.56. The van der Waals surface area contributed by atoms with E-state index in [2.05, 4.69) is 33.5 Å². The lowest BCUT2D eigenvalue weighted by atomic mass is 9.82. The van der Waals surface area contributed by atoms with Crippen LogP contribution in [0.2, 0.25) is 0 Å². The van der Waals surface area contributed by atoms with Crippen molar-refractivity contribution in [2.45, 2.75) is 50.2 Å². The van der Waals surface area contributed by atoms with Gasteiger partial charge in [0.25, 0.3) is 0 Å². The van der Waals surface area contributed by atoms with Gasteiger partial charge in [0.05, 0.1) is 5.75 Å². The average Bonchev–Trinajstić information content (AvgIpc) is 2.46. The molecule has 0 aromatic rings. The average molecular weight is 436 g/mol. The number of nitrogens with one attached hydrogen (secondary N) is 2. The van der Waals surface area contributed by atoms with Crippen LogP contribution in [0.1, 0.15) is 32.1 Å². The number of guanidine groups is 1. The highest BCUT2D eigenvalue weighted by Gasteiger charge is 2.36. The van der Waals surface area contributed by atoms with Gasteiger partial charge in [-0.15, -0.1) is 42.2 Å². The Morgan fingerprint density at radius 1 is 1.36 bits per heavy atom. The third-order valence-corrected chi connectivity index (χ3v) is 5.49. The summed E-state index contributed by atoms with van der Waals surface area (Å²) in [6.45, 7) is 0.908. The van der Waals surface area contributed by atoms with E-state index in [0.29, 0.717) is 6.04 Å². The second-order valence-electron chi connectivity index (χ2n) is 5.97. The molecule has 126 valence electrons. The van der Waals surface area contributed by atoms with E-state index in [0.717, 1.165) is 36.1 Å². The van der Waals surface area contributed by atoms with Crippen LogP contribution in [0.3, 0.4) is 0 Å². The van der Waals surface area contributed by atoms with E-state index in [-0.39, 0.29) is 24.0 Å². The Kier molecular flexibility index (Phi) is 9.60. The van der Waals surface area contributed by atoms with Crippen molar-refractivity contribution in [2.75, 3.05) is 32.1 Å². The van der Waals surface area contributed by atoms with Gasteiger partial charge in [-0.1, -0.05) is 12.3 Å². The third-order valence-electron chi connectivity index (χ3n) is 4.63. The summed E-state index contributed by atoms with van der Waals surface area (Å²) in [6, 6.07) is 2.06. The molecule has 4 nitrogen and oxygen atoms in total. The first-order chi connectivity index (χ1) is 10.2. The summed E-state index contributed by atoms with van der Waals surface area (Å²) in [6.07, 6.45) is 11.8. The topological polar surface area (TPSA) is 39.7 Å². The Bertz CT molecular complexity index is 382. The van der Waals surface area contributed by atoms with Gasteiger partial charge in [0.2, 0.25) is 0 Å². The van der Waals surface area contributed by atoms with Gasteiger partial charge in [-0.05, 0) is 32.7 Å². The zero-order valence-corrected chi connectivity index (χ0v) is 16.8. The number of thioether (sulfide) groups is 1. The zero-order chi connectivity index (χ0) is 15.1. The summed E-state index contributed by atoms with van der Waals surface area (Å²) in [4.78, 5) is 6.94. The van der Waals surface area contributed by atoms with Crippen molar-refractivity contribution >= 4 is 41.7 Å². The lowest BCUT2D eigenvalue weighted by Gasteiger charge is -2.47. The predicted octanol–water partition coefficient (Wildman–Crippen LogP) is 2.15. The Morgan fingerprint density at radius 3 is 2.64 bits per heavy atom. The second-order valence-corrected chi connectivity index (χ2v) is 7.08. The highest BCUT2D eigenvalue weighted by atomic mass is 127. The quantitative estimate of drug-likeness (QED) is 0.228. The van der Waals surface area contributed by atoms with Crippen LogP contribution in [-0.2, 0) is 0 Å². The van der Waals surface area contributed by atoms with Crippen LogP contribution in [0.15, 0.2) is 4.99 Å². The molecule has 2 heterocycles. The SMILES string of the molecule is C#CCSCCNC(=NC)NC1CC2CCCC(C1)N2C.I. The Balaban J connectivity index is 0.00000242. The van der Waals surface area contributed by atoms with Crippen molar-refractivity contribution in [3.8, 4) is 12.3 Å². The predicted molar refractivity (Wildman–Crippen MR) is 108 cm³/mol. The molecular weight excluding hydrogens is 407 g/mol. The van der Waals surface area contributed by atoms with Crippen LogP contribution in [0.4, 0.5) is 0 Å². The number of fused-ring (bicyclic) bond motifs is 2. The van der Waals surface area contributed by atoms with Gasteiger partial charge in [-0.2, -0.15) is 0 Å². The lowest BCUT2D eigenvalue weighted by molar-refractivity contribution is 0.0526. The van der Waals surface area contributed by atoms with Gasteiger partial charge < -0.3 is 15.5 Å². The summed E-state index contributed by atoms with van der Waals surface area (Å²) in [5, 5.41) is 7.00. The Morgan fingerprint density at radius 2 is 2.05 bits per heavy atom. The van der Waals surface area contributed by atoms with Gasteiger partial charge in [0, 0.05) is 37.5 Å². The molecule has 2 unspecified atom stereocenters. The minimum Gasteiger partial charge on any atom is -0.356 e. The number of piperidine rings is 2. The smallest absolute Gasteiger partial charge is 0.191 e. The molecule has 22 heavy (non-hydrogen) atoms. The normalized spacial score (nSPS) is 28.4. The fourth-order valence-corrected chi connectivity index (χ4v) is 4.00. The van der Waals surface area contributed by atoms with Crippen LogP contribution in [0.25, 0.3) is 0 Å². The van der Waals surface area contributed by atoms with E-state index in [9.17, 15) is 0 Å². The minimum absolute atomic E-state index is 0. The van der Waals surface area contributed by atoms with Crippen LogP contribution < -0.4 is 10.6 Å². The molecule has 0 saturated carbocycles. The maximum Gasteiger partial charge on any atom is 0.191 e. The summed E-state index contributed by atoms with van der Waals surface area (Å²) in [7, 11) is 4.14. The molecule has 0 spiro atoms. The number of rotatable bonds is 5. The molecule has 0 amide bonds. The molecule has 6 heteroatoms. The Hall–Kier alpha value is -0.130. The first-order valence-electron chi connectivity index (χ1n) is 7.95. The van der Waals surface area contributed by atoms with E-state index in [1.807, 2.05) is 7.05 Å². The fraction of sp³-hybridized carbons (Fsp3) is 0.812. The third kappa shape index (κ3) is 5.82. The van der Waals surface area contributed by atoms with Crippen molar-refractivity contribution in [1.29, 1.82) is 0 Å². The maximum absolute atomic E-state index is 5.24. The van der Waals surface area contributed by atoms with Crippen molar-refractivity contribution in [3.05, 3.63) is 0 Å². The molecule has 0 radical (unpaired) electrons.